The average Bonchev–Trinajstić information content (AvgIpc) is 2.71. The summed E-state index contributed by atoms with van der Waals surface area (Å²) in [5, 5.41) is 17.8. The molecule has 4 heteroatoms. The van der Waals surface area contributed by atoms with Crippen molar-refractivity contribution in [2.24, 2.45) is 0 Å². The lowest BCUT2D eigenvalue weighted by Gasteiger charge is -2.32. The lowest BCUT2D eigenvalue weighted by Crippen LogP contribution is -2.47. The van der Waals surface area contributed by atoms with Gasteiger partial charge in [-0.15, -0.1) is 0 Å². The first-order valence-electron chi connectivity index (χ1n) is 7.79. The molecule has 0 amide bonds. The fourth-order valence-electron chi connectivity index (χ4n) is 3.00. The van der Waals surface area contributed by atoms with E-state index >= 15 is 0 Å². The Balaban J connectivity index is 2.87. The van der Waals surface area contributed by atoms with Crippen LogP contribution in [0.5, 0.6) is 0 Å². The number of aryl methyl sites for hydroxylation is 1. The van der Waals surface area contributed by atoms with Crippen LogP contribution in [0.2, 0.25) is 0 Å². The Hall–Kier alpha value is -0.870. The molecule has 1 rings (SSSR count). The molecule has 1 aromatic rings. The average molecular weight is 281 g/mol. The van der Waals surface area contributed by atoms with Crippen LogP contribution in [0.25, 0.3) is 0 Å². The summed E-state index contributed by atoms with van der Waals surface area (Å²) in [7, 11) is 0. The molecule has 0 saturated carbocycles. The van der Waals surface area contributed by atoms with Crippen LogP contribution in [0.3, 0.4) is 0 Å². The normalized spacial score (nSPS) is 16.1. The molecule has 1 heterocycles. The summed E-state index contributed by atoms with van der Waals surface area (Å²) in [6.45, 7) is 13.9. The van der Waals surface area contributed by atoms with Crippen molar-refractivity contribution in [1.29, 1.82) is 0 Å². The number of nitrogens with one attached hydrogen (secondary N) is 1. The summed E-state index contributed by atoms with van der Waals surface area (Å²) in [4.78, 5) is 0. The summed E-state index contributed by atoms with van der Waals surface area (Å²) in [5.74, 6) is 0. The first kappa shape index (κ1) is 17.2. The third kappa shape index (κ3) is 3.83. The molecule has 0 spiro atoms. The van der Waals surface area contributed by atoms with Crippen molar-refractivity contribution < 1.29 is 5.11 Å². The van der Waals surface area contributed by atoms with Gasteiger partial charge in [0.05, 0.1) is 18.3 Å². The Bertz CT molecular complexity index is 428. The fourth-order valence-corrected chi connectivity index (χ4v) is 3.00. The second-order valence-corrected chi connectivity index (χ2v) is 6.15. The van der Waals surface area contributed by atoms with Crippen LogP contribution < -0.4 is 5.32 Å². The van der Waals surface area contributed by atoms with Gasteiger partial charge >= 0.3 is 0 Å². The van der Waals surface area contributed by atoms with Crippen LogP contribution in [0.4, 0.5) is 0 Å². The van der Waals surface area contributed by atoms with Crippen molar-refractivity contribution >= 4 is 0 Å². The van der Waals surface area contributed by atoms with E-state index in [1.165, 1.54) is 11.3 Å². The Morgan fingerprint density at radius 2 is 2.00 bits per heavy atom. The van der Waals surface area contributed by atoms with Crippen LogP contribution in [0.15, 0.2) is 0 Å². The van der Waals surface area contributed by atoms with Crippen molar-refractivity contribution in [3.63, 3.8) is 0 Å². The van der Waals surface area contributed by atoms with Gasteiger partial charge in [0, 0.05) is 11.2 Å². The lowest BCUT2D eigenvalue weighted by molar-refractivity contribution is 0.148. The van der Waals surface area contributed by atoms with Crippen molar-refractivity contribution in [2.45, 2.75) is 72.4 Å². The number of aliphatic hydroxyl groups is 1. The van der Waals surface area contributed by atoms with Gasteiger partial charge in [-0.05, 0) is 59.1 Å². The minimum atomic E-state index is -0.242. The summed E-state index contributed by atoms with van der Waals surface area (Å²) >= 11 is 0. The highest BCUT2D eigenvalue weighted by atomic mass is 16.3. The predicted molar refractivity (Wildman–Crippen MR) is 84.2 cm³/mol. The molecule has 0 radical (unpaired) electrons. The largest absolute Gasteiger partial charge is 0.394 e. The molecular weight excluding hydrogens is 250 g/mol. The fraction of sp³-hybridized carbons (Fsp3) is 0.812. The van der Waals surface area contributed by atoms with Gasteiger partial charge in [0.15, 0.2) is 0 Å². The molecule has 2 unspecified atom stereocenters. The second kappa shape index (κ2) is 7.23. The number of aliphatic hydroxyl groups excluding tert-OH is 1. The second-order valence-electron chi connectivity index (χ2n) is 6.15. The van der Waals surface area contributed by atoms with Gasteiger partial charge in [-0.2, -0.15) is 5.10 Å². The van der Waals surface area contributed by atoms with E-state index in [1.54, 1.807) is 0 Å². The summed E-state index contributed by atoms with van der Waals surface area (Å²) in [6, 6.07) is 0.274. The molecule has 0 saturated heterocycles. The first-order valence-corrected chi connectivity index (χ1v) is 7.79. The van der Waals surface area contributed by atoms with Crippen LogP contribution in [-0.2, 0) is 6.42 Å². The Morgan fingerprint density at radius 3 is 2.45 bits per heavy atom. The highest BCUT2D eigenvalue weighted by Crippen LogP contribution is 2.24. The molecule has 0 aliphatic carbocycles. The number of hydrogen-bond acceptors (Lipinski definition) is 3. The van der Waals surface area contributed by atoms with E-state index in [0.29, 0.717) is 0 Å². The summed E-state index contributed by atoms with van der Waals surface area (Å²) in [6.07, 6.45) is 2.97. The minimum absolute atomic E-state index is 0.150. The molecule has 0 aromatic carbocycles. The van der Waals surface area contributed by atoms with E-state index in [4.69, 9.17) is 0 Å². The maximum absolute atomic E-state index is 9.69. The van der Waals surface area contributed by atoms with Crippen LogP contribution in [-0.4, -0.2) is 33.6 Å². The molecule has 4 nitrogen and oxygen atoms in total. The van der Waals surface area contributed by atoms with E-state index in [-0.39, 0.29) is 18.2 Å². The van der Waals surface area contributed by atoms with Crippen LogP contribution >= 0.6 is 0 Å². The van der Waals surface area contributed by atoms with Crippen molar-refractivity contribution in [2.75, 3.05) is 13.2 Å². The first-order chi connectivity index (χ1) is 9.38. The topological polar surface area (TPSA) is 50.1 Å². The Morgan fingerprint density at radius 1 is 1.35 bits per heavy atom. The van der Waals surface area contributed by atoms with Crippen molar-refractivity contribution in [1.82, 2.24) is 15.1 Å². The monoisotopic (exact) mass is 281 g/mol. The smallest absolute Gasteiger partial charge is 0.0628 e. The Kier molecular flexibility index (Phi) is 6.21. The van der Waals surface area contributed by atoms with E-state index < -0.39 is 0 Å². The van der Waals surface area contributed by atoms with Crippen molar-refractivity contribution in [3.8, 4) is 0 Å². The van der Waals surface area contributed by atoms with E-state index in [2.05, 4.69) is 56.6 Å². The van der Waals surface area contributed by atoms with Gasteiger partial charge in [-0.3, -0.25) is 4.68 Å². The molecular formula is C16H31N3O. The van der Waals surface area contributed by atoms with Crippen molar-refractivity contribution in [3.05, 3.63) is 17.0 Å². The van der Waals surface area contributed by atoms with Gasteiger partial charge in [-0.25, -0.2) is 0 Å². The van der Waals surface area contributed by atoms with Gasteiger partial charge in [0.1, 0.15) is 0 Å². The lowest BCUT2D eigenvalue weighted by atomic mass is 9.94. The molecule has 0 fully saturated rings. The number of nitrogens with zero attached hydrogens (tertiary/aromatic N) is 2. The standard InChI is InChI=1S/C16H31N3O/c1-7-9-17-16(6,11-20)10-12(3)19-14(5)15(8-2)13(4)18-19/h12,17,20H,7-11H2,1-6H3. The summed E-state index contributed by atoms with van der Waals surface area (Å²) in [5.41, 5.74) is 3.50. The maximum atomic E-state index is 9.69. The predicted octanol–water partition coefficient (Wildman–Crippen LogP) is 2.76. The zero-order valence-corrected chi connectivity index (χ0v) is 14.0. The van der Waals surface area contributed by atoms with Crippen LogP contribution in [0.1, 0.15) is 63.5 Å². The molecule has 20 heavy (non-hydrogen) atoms. The van der Waals surface area contributed by atoms with Gasteiger partial charge in [0.25, 0.3) is 0 Å². The maximum Gasteiger partial charge on any atom is 0.0628 e. The summed E-state index contributed by atoms with van der Waals surface area (Å²) < 4.78 is 2.12. The van der Waals surface area contributed by atoms with Crippen LogP contribution in [0, 0.1) is 13.8 Å². The Labute approximate surface area is 123 Å². The third-order valence-electron chi connectivity index (χ3n) is 4.14. The number of rotatable bonds is 8. The molecule has 0 bridgehead atoms. The number of hydrogen-bond donors (Lipinski definition) is 2. The number of aromatic nitrogens is 2. The minimum Gasteiger partial charge on any atom is -0.394 e. The third-order valence-corrected chi connectivity index (χ3v) is 4.14. The molecule has 0 aliphatic rings. The zero-order chi connectivity index (χ0) is 15.3. The van der Waals surface area contributed by atoms with Gasteiger partial charge in [0.2, 0.25) is 0 Å². The van der Waals surface area contributed by atoms with E-state index in [9.17, 15) is 5.11 Å². The quantitative estimate of drug-likeness (QED) is 0.770. The highest BCUT2D eigenvalue weighted by Gasteiger charge is 2.27. The van der Waals surface area contributed by atoms with Gasteiger partial charge < -0.3 is 10.4 Å². The molecule has 1 aromatic heterocycles. The van der Waals surface area contributed by atoms with E-state index in [0.717, 1.165) is 31.5 Å². The highest BCUT2D eigenvalue weighted by molar-refractivity contribution is 5.24. The SMILES string of the molecule is CCCNC(C)(CO)CC(C)n1nc(C)c(CC)c1C. The molecule has 2 atom stereocenters. The van der Waals surface area contributed by atoms with E-state index in [1.807, 2.05) is 0 Å². The molecule has 2 N–H and O–H groups in total. The molecule has 116 valence electrons. The van der Waals surface area contributed by atoms with Gasteiger partial charge in [-0.1, -0.05) is 13.8 Å². The zero-order valence-electron chi connectivity index (χ0n) is 14.0. The molecule has 0 aliphatic heterocycles.